The second-order valence-corrected chi connectivity index (χ2v) is 17.0. The van der Waals surface area contributed by atoms with Gasteiger partial charge in [-0.05, 0) is 62.6 Å². The fraction of sp³-hybridized carbons (Fsp3) is 1.00. The molecular formula is C10H26O2S2Si2. The Hall–Kier alpha value is 0.924. The van der Waals surface area contributed by atoms with Crippen molar-refractivity contribution in [2.75, 3.05) is 11.5 Å². The van der Waals surface area contributed by atoms with Crippen LogP contribution in [-0.4, -0.2) is 37.7 Å². The van der Waals surface area contributed by atoms with Crippen LogP contribution in [0.5, 0.6) is 0 Å². The molecule has 0 spiro atoms. The monoisotopic (exact) mass is 298 g/mol. The minimum absolute atomic E-state index is 0.0661. The van der Waals surface area contributed by atoms with Gasteiger partial charge in [-0.25, -0.2) is 0 Å². The fourth-order valence-corrected chi connectivity index (χ4v) is 5.87. The summed E-state index contributed by atoms with van der Waals surface area (Å²) in [7, 11) is -3.65. The molecule has 0 amide bonds. The van der Waals surface area contributed by atoms with Gasteiger partial charge < -0.3 is 9.59 Å². The SMILES string of the molecule is C[Si](C)(O)CCCS(=S)CCC[Si](C)(C)O. The van der Waals surface area contributed by atoms with Gasteiger partial charge in [0, 0.05) is 0 Å². The van der Waals surface area contributed by atoms with Gasteiger partial charge >= 0.3 is 0 Å². The highest BCUT2D eigenvalue weighted by atomic mass is 32.8. The molecule has 0 radical (unpaired) electrons. The van der Waals surface area contributed by atoms with E-state index in [1.165, 1.54) is 0 Å². The highest BCUT2D eigenvalue weighted by Crippen LogP contribution is 2.11. The van der Waals surface area contributed by atoms with Gasteiger partial charge in [-0.2, -0.15) is 0 Å². The molecule has 0 heterocycles. The van der Waals surface area contributed by atoms with E-state index in [2.05, 4.69) is 0 Å². The lowest BCUT2D eigenvalue weighted by Gasteiger charge is -2.15. The van der Waals surface area contributed by atoms with Crippen molar-refractivity contribution in [1.82, 2.24) is 0 Å². The second-order valence-electron chi connectivity index (χ2n) is 5.68. The lowest BCUT2D eigenvalue weighted by atomic mass is 10.6. The maximum Gasteiger partial charge on any atom is 0.182 e. The molecule has 16 heavy (non-hydrogen) atoms. The van der Waals surface area contributed by atoms with Gasteiger partial charge in [-0.3, -0.25) is 0 Å². The van der Waals surface area contributed by atoms with Crippen molar-refractivity contribution in [3.05, 3.63) is 0 Å². The van der Waals surface area contributed by atoms with E-state index in [9.17, 15) is 9.59 Å². The molecule has 0 fully saturated rings. The van der Waals surface area contributed by atoms with Crippen molar-refractivity contribution in [2.24, 2.45) is 0 Å². The van der Waals surface area contributed by atoms with Gasteiger partial charge in [-0.15, -0.1) is 9.45 Å². The van der Waals surface area contributed by atoms with Crippen LogP contribution in [0.3, 0.4) is 0 Å². The zero-order chi connectivity index (χ0) is 12.8. The lowest BCUT2D eigenvalue weighted by molar-refractivity contribution is 0.546. The topological polar surface area (TPSA) is 40.5 Å². The third kappa shape index (κ3) is 13.0. The predicted octanol–water partition coefficient (Wildman–Crippen LogP) is 2.24. The van der Waals surface area contributed by atoms with Crippen molar-refractivity contribution in [2.45, 2.75) is 51.1 Å². The fourth-order valence-electron chi connectivity index (χ4n) is 1.43. The average molecular weight is 299 g/mol. The van der Waals surface area contributed by atoms with E-state index in [4.69, 9.17) is 11.2 Å². The summed E-state index contributed by atoms with van der Waals surface area (Å²) >= 11 is 5.41. The molecule has 0 atom stereocenters. The Bertz CT molecular complexity index is 200. The number of rotatable bonds is 8. The summed E-state index contributed by atoms with van der Waals surface area (Å²) in [4.78, 5) is 19.4. The third-order valence-corrected chi connectivity index (χ3v) is 7.96. The molecule has 0 saturated carbocycles. The van der Waals surface area contributed by atoms with Crippen LogP contribution in [0.4, 0.5) is 0 Å². The van der Waals surface area contributed by atoms with Gasteiger partial charge in [0.15, 0.2) is 16.6 Å². The van der Waals surface area contributed by atoms with Crippen molar-refractivity contribution in [3.63, 3.8) is 0 Å². The first kappa shape index (κ1) is 16.9. The first-order valence-electron chi connectivity index (χ1n) is 5.90. The minimum Gasteiger partial charge on any atom is -0.432 e. The zero-order valence-electron chi connectivity index (χ0n) is 11.0. The summed E-state index contributed by atoms with van der Waals surface area (Å²) in [5.74, 6) is 2.14. The summed E-state index contributed by atoms with van der Waals surface area (Å²) < 4.78 is 0. The van der Waals surface area contributed by atoms with E-state index in [1.807, 2.05) is 26.2 Å². The normalized spacial score (nSPS) is 13.4. The van der Waals surface area contributed by atoms with E-state index in [0.29, 0.717) is 0 Å². The lowest BCUT2D eigenvalue weighted by Crippen LogP contribution is -2.26. The van der Waals surface area contributed by atoms with Gasteiger partial charge in [0.1, 0.15) is 0 Å². The Balaban J connectivity index is 3.53. The molecule has 98 valence electrons. The molecule has 0 aliphatic heterocycles. The van der Waals surface area contributed by atoms with Gasteiger partial charge in [-0.1, -0.05) is 11.2 Å². The Morgan fingerprint density at radius 2 is 1.19 bits per heavy atom. The van der Waals surface area contributed by atoms with E-state index >= 15 is 0 Å². The van der Waals surface area contributed by atoms with Crippen molar-refractivity contribution < 1.29 is 9.59 Å². The summed E-state index contributed by atoms with van der Waals surface area (Å²) in [5.41, 5.74) is 0. The molecule has 0 rings (SSSR count). The van der Waals surface area contributed by atoms with E-state index < -0.39 is 16.6 Å². The van der Waals surface area contributed by atoms with Crippen LogP contribution in [0, 0.1) is 0 Å². The van der Waals surface area contributed by atoms with Gasteiger partial charge in [0.2, 0.25) is 0 Å². The molecule has 2 nitrogen and oxygen atoms in total. The standard InChI is InChI=1S/C10H26O2S2Si2/c1-15(2,11)9-5-7-14(13)8-6-10-16(3,4)12/h11-12H,5-10H2,1-4H3. The largest absolute Gasteiger partial charge is 0.432 e. The van der Waals surface area contributed by atoms with Gasteiger partial charge in [0.25, 0.3) is 0 Å². The van der Waals surface area contributed by atoms with Crippen molar-refractivity contribution >= 4 is 37.3 Å². The molecular weight excluding hydrogens is 272 g/mol. The second kappa shape index (κ2) is 7.38. The van der Waals surface area contributed by atoms with E-state index in [1.54, 1.807) is 0 Å². The van der Waals surface area contributed by atoms with E-state index in [-0.39, 0.29) is 9.45 Å². The molecule has 0 aromatic rings. The Labute approximate surface area is 109 Å². The molecule has 0 aromatic heterocycles. The molecule has 0 aliphatic carbocycles. The smallest absolute Gasteiger partial charge is 0.182 e. The maximum absolute atomic E-state index is 9.69. The Kier molecular flexibility index (Phi) is 7.80. The summed E-state index contributed by atoms with van der Waals surface area (Å²) in [6.45, 7) is 7.92. The molecule has 0 unspecified atom stereocenters. The molecule has 0 aliphatic rings. The molecule has 2 N–H and O–H groups in total. The Morgan fingerprint density at radius 1 is 0.875 bits per heavy atom. The van der Waals surface area contributed by atoms with Gasteiger partial charge in [0.05, 0.1) is 0 Å². The van der Waals surface area contributed by atoms with Crippen LogP contribution in [0.1, 0.15) is 12.8 Å². The highest BCUT2D eigenvalue weighted by Gasteiger charge is 2.17. The first-order chi connectivity index (χ1) is 7.10. The zero-order valence-corrected chi connectivity index (χ0v) is 14.6. The van der Waals surface area contributed by atoms with E-state index in [0.717, 1.165) is 36.4 Å². The quantitative estimate of drug-likeness (QED) is 0.675. The number of hydrogen-bond acceptors (Lipinski definition) is 3. The van der Waals surface area contributed by atoms with Crippen LogP contribution in [0.2, 0.25) is 38.3 Å². The molecule has 6 heteroatoms. The van der Waals surface area contributed by atoms with Crippen LogP contribution >= 0.6 is 0 Å². The number of hydrogen-bond donors (Lipinski definition) is 2. The molecule has 0 aromatic carbocycles. The van der Waals surface area contributed by atoms with Crippen LogP contribution < -0.4 is 0 Å². The summed E-state index contributed by atoms with van der Waals surface area (Å²) in [6, 6.07) is 1.93. The van der Waals surface area contributed by atoms with Crippen LogP contribution in [0.25, 0.3) is 0 Å². The maximum atomic E-state index is 9.69. The van der Waals surface area contributed by atoms with Crippen LogP contribution in [-0.2, 0) is 20.6 Å². The summed E-state index contributed by atoms with van der Waals surface area (Å²) in [5, 5.41) is 0. The van der Waals surface area contributed by atoms with Crippen molar-refractivity contribution in [1.29, 1.82) is 0 Å². The molecule has 0 saturated heterocycles. The summed E-state index contributed by atoms with van der Waals surface area (Å²) in [6.07, 6.45) is 2.14. The minimum atomic E-state index is -1.86. The third-order valence-electron chi connectivity index (χ3n) is 2.32. The Morgan fingerprint density at radius 3 is 1.44 bits per heavy atom. The highest BCUT2D eigenvalue weighted by molar-refractivity contribution is 8.28. The first-order valence-corrected chi connectivity index (χ1v) is 14.7. The van der Waals surface area contributed by atoms with Crippen LogP contribution in [0.15, 0.2) is 0 Å². The predicted molar refractivity (Wildman–Crippen MR) is 82.7 cm³/mol. The van der Waals surface area contributed by atoms with Crippen molar-refractivity contribution in [3.8, 4) is 0 Å². The average Bonchev–Trinajstić information content (AvgIpc) is 1.98. The molecule has 0 bridgehead atoms.